The van der Waals surface area contributed by atoms with Crippen LogP contribution in [-0.2, 0) is 0 Å². The van der Waals surface area contributed by atoms with Crippen LogP contribution in [-0.4, -0.2) is 25.9 Å². The highest BCUT2D eigenvalue weighted by Crippen LogP contribution is 2.39. The van der Waals surface area contributed by atoms with Gasteiger partial charge in [-0.05, 0) is 24.3 Å². The summed E-state index contributed by atoms with van der Waals surface area (Å²) in [6.45, 7) is -0.0280. The monoisotopic (exact) mass is 309 g/mol. The fraction of sp³-hybridized carbons (Fsp3) is 0. The summed E-state index contributed by atoms with van der Waals surface area (Å²) in [6, 6.07) is 16.9. The van der Waals surface area contributed by atoms with E-state index in [1.807, 2.05) is 24.8 Å². The van der Waals surface area contributed by atoms with Crippen molar-refractivity contribution < 1.29 is 0 Å². The van der Waals surface area contributed by atoms with Gasteiger partial charge in [0.2, 0.25) is 0 Å². The van der Waals surface area contributed by atoms with Crippen LogP contribution in [0.25, 0.3) is 11.4 Å². The highest BCUT2D eigenvalue weighted by molar-refractivity contribution is 6.88. The van der Waals surface area contributed by atoms with E-state index in [9.17, 15) is 0 Å². The van der Waals surface area contributed by atoms with Gasteiger partial charge in [0.15, 0.2) is 0 Å². The van der Waals surface area contributed by atoms with Crippen LogP contribution in [0.5, 0.6) is 0 Å². The quantitative estimate of drug-likeness (QED) is 0.464. The van der Waals surface area contributed by atoms with Crippen molar-refractivity contribution in [3.63, 3.8) is 0 Å². The Morgan fingerprint density at radius 2 is 1.08 bits per heavy atom. The van der Waals surface area contributed by atoms with Crippen LogP contribution >= 0.6 is 0 Å². The highest BCUT2D eigenvalue weighted by atomic mass is 15.3. The number of anilines is 2. The van der Waals surface area contributed by atoms with Gasteiger partial charge in [0.05, 0.1) is 22.7 Å². The van der Waals surface area contributed by atoms with Gasteiger partial charge in [0.25, 0.3) is 0 Å². The lowest BCUT2D eigenvalue weighted by atomic mass is 9.55. The number of rotatable bonds is 0. The van der Waals surface area contributed by atoms with Crippen LogP contribution in [0, 0.1) is 0 Å². The summed E-state index contributed by atoms with van der Waals surface area (Å²) in [6.07, 6.45) is 7.78. The molecule has 5 nitrogen and oxygen atoms in total. The molecule has 24 heavy (non-hydrogen) atoms. The van der Waals surface area contributed by atoms with Gasteiger partial charge in [-0.1, -0.05) is 24.3 Å². The Hall–Kier alpha value is -3.28. The topological polar surface area (TPSA) is 38.9 Å². The van der Waals surface area contributed by atoms with Crippen molar-refractivity contribution in [2.75, 3.05) is 4.81 Å². The highest BCUT2D eigenvalue weighted by Gasteiger charge is 2.45. The van der Waals surface area contributed by atoms with E-state index in [-0.39, 0.29) is 6.85 Å². The molecule has 0 fully saturated rings. The maximum absolute atomic E-state index is 4.66. The minimum absolute atomic E-state index is 0.0280. The molecule has 0 saturated carbocycles. The molecule has 0 bridgehead atoms. The largest absolute Gasteiger partial charge is 0.411 e. The molecule has 0 atom stereocenters. The molecule has 6 rings (SSSR count). The summed E-state index contributed by atoms with van der Waals surface area (Å²) < 4.78 is 4.34. The van der Waals surface area contributed by atoms with Gasteiger partial charge in [0, 0.05) is 24.8 Å². The third kappa shape index (κ3) is 1.32. The molecular weight excluding hydrogens is 297 g/mol. The SMILES string of the molecule is c1ccc2c(c1)N1B(c3nccn3-2)c2nccn2-c2ccccc21. The van der Waals surface area contributed by atoms with Crippen molar-refractivity contribution in [2.45, 2.75) is 0 Å². The van der Waals surface area contributed by atoms with Crippen molar-refractivity contribution in [1.29, 1.82) is 0 Å². The van der Waals surface area contributed by atoms with Crippen molar-refractivity contribution in [1.82, 2.24) is 19.1 Å². The lowest BCUT2D eigenvalue weighted by molar-refractivity contribution is 1.02. The van der Waals surface area contributed by atoms with E-state index in [0.717, 1.165) is 22.8 Å². The lowest BCUT2D eigenvalue weighted by Crippen LogP contribution is -2.64. The number of aromatic nitrogens is 4. The predicted molar refractivity (Wildman–Crippen MR) is 94.3 cm³/mol. The second kappa shape index (κ2) is 4.17. The molecule has 112 valence electrons. The molecule has 2 aromatic carbocycles. The molecule has 0 N–H and O–H groups in total. The molecule has 2 aromatic heterocycles. The standard InChI is InChI=1S/C18H12BN5/c1-3-7-15-13(5-1)22-11-9-20-17(22)19-18-21-10-12-23(18)14-6-2-4-8-16(14)24(15)19/h1-12H. The first kappa shape index (κ1) is 12.2. The van der Waals surface area contributed by atoms with E-state index in [0.29, 0.717) is 0 Å². The number of nitrogens with zero attached hydrogens (tertiary/aromatic N) is 5. The molecule has 0 spiro atoms. The second-order valence-electron chi connectivity index (χ2n) is 6.06. The van der Waals surface area contributed by atoms with Crippen LogP contribution in [0.3, 0.4) is 0 Å². The first-order valence-electron chi connectivity index (χ1n) is 7.98. The third-order valence-corrected chi connectivity index (χ3v) is 4.89. The molecule has 4 heterocycles. The molecule has 0 aliphatic carbocycles. The molecule has 0 unspecified atom stereocenters. The summed E-state index contributed by atoms with van der Waals surface area (Å²) >= 11 is 0. The first-order valence-corrected chi connectivity index (χ1v) is 7.98. The smallest absolute Gasteiger partial charge is 0.369 e. The fourth-order valence-electron chi connectivity index (χ4n) is 3.94. The minimum atomic E-state index is -0.0280. The summed E-state index contributed by atoms with van der Waals surface area (Å²) in [5, 5.41) is 0. The Morgan fingerprint density at radius 1 is 0.625 bits per heavy atom. The molecule has 2 aliphatic heterocycles. The van der Waals surface area contributed by atoms with E-state index in [2.05, 4.69) is 72.4 Å². The van der Waals surface area contributed by atoms with E-state index in [1.165, 1.54) is 11.4 Å². The molecule has 2 aliphatic rings. The Bertz CT molecular complexity index is 1010. The van der Waals surface area contributed by atoms with Crippen molar-refractivity contribution in [3.05, 3.63) is 73.3 Å². The number of benzene rings is 2. The molecule has 0 amide bonds. The van der Waals surface area contributed by atoms with Gasteiger partial charge in [0.1, 0.15) is 11.4 Å². The average molecular weight is 309 g/mol. The molecular formula is C18H12BN5. The predicted octanol–water partition coefficient (Wildman–Crippen LogP) is 1.63. The van der Waals surface area contributed by atoms with Gasteiger partial charge in [-0.3, -0.25) is 0 Å². The maximum atomic E-state index is 4.66. The van der Waals surface area contributed by atoms with E-state index in [4.69, 9.17) is 0 Å². The zero-order valence-corrected chi connectivity index (χ0v) is 12.7. The average Bonchev–Trinajstić information content (AvgIpc) is 3.31. The number of hydrogen-bond acceptors (Lipinski definition) is 3. The third-order valence-electron chi connectivity index (χ3n) is 4.89. The van der Waals surface area contributed by atoms with Crippen LogP contribution < -0.4 is 16.3 Å². The van der Waals surface area contributed by atoms with Gasteiger partial charge in [-0.25, -0.2) is 9.97 Å². The van der Waals surface area contributed by atoms with Crippen LogP contribution in [0.2, 0.25) is 0 Å². The number of hydrogen-bond donors (Lipinski definition) is 0. The Morgan fingerprint density at radius 3 is 1.58 bits per heavy atom. The molecule has 4 aromatic rings. The number of para-hydroxylation sites is 4. The fourth-order valence-corrected chi connectivity index (χ4v) is 3.94. The van der Waals surface area contributed by atoms with E-state index < -0.39 is 0 Å². The van der Waals surface area contributed by atoms with Crippen molar-refractivity contribution >= 4 is 29.7 Å². The summed E-state index contributed by atoms with van der Waals surface area (Å²) in [4.78, 5) is 11.7. The summed E-state index contributed by atoms with van der Waals surface area (Å²) in [5.74, 6) is 0. The second-order valence-corrected chi connectivity index (χ2v) is 6.06. The normalized spacial score (nSPS) is 13.7. The molecule has 0 saturated heterocycles. The number of imidazole rings is 2. The van der Waals surface area contributed by atoms with Gasteiger partial charge >= 0.3 is 6.85 Å². The summed E-state index contributed by atoms with van der Waals surface area (Å²) in [7, 11) is 0. The van der Waals surface area contributed by atoms with Crippen molar-refractivity contribution in [2.24, 2.45) is 0 Å². The summed E-state index contributed by atoms with van der Waals surface area (Å²) in [5.41, 5.74) is 6.64. The molecule has 0 radical (unpaired) electrons. The van der Waals surface area contributed by atoms with Gasteiger partial charge < -0.3 is 13.9 Å². The zero-order chi connectivity index (χ0) is 15.7. The lowest BCUT2D eigenvalue weighted by Gasteiger charge is -2.40. The number of fused-ring (bicyclic) bond motifs is 11. The van der Waals surface area contributed by atoms with E-state index >= 15 is 0 Å². The minimum Gasteiger partial charge on any atom is -0.369 e. The van der Waals surface area contributed by atoms with Crippen LogP contribution in [0.15, 0.2) is 73.3 Å². The van der Waals surface area contributed by atoms with Gasteiger partial charge in [-0.2, -0.15) is 0 Å². The zero-order valence-electron chi connectivity index (χ0n) is 12.7. The Labute approximate surface area is 138 Å². The molecule has 6 heteroatoms. The van der Waals surface area contributed by atoms with Gasteiger partial charge in [-0.15, -0.1) is 0 Å². The van der Waals surface area contributed by atoms with Crippen molar-refractivity contribution in [3.8, 4) is 11.4 Å². The van der Waals surface area contributed by atoms with Crippen LogP contribution in [0.4, 0.5) is 11.4 Å². The first-order chi connectivity index (χ1) is 11.9. The van der Waals surface area contributed by atoms with Crippen LogP contribution in [0.1, 0.15) is 0 Å². The Kier molecular flexibility index (Phi) is 2.12. The maximum Gasteiger partial charge on any atom is 0.411 e. The van der Waals surface area contributed by atoms with E-state index in [1.54, 1.807) is 0 Å². The Balaban J connectivity index is 1.77.